The molecule has 1 unspecified atom stereocenters. The van der Waals surface area contributed by atoms with Crippen LogP contribution in [-0.2, 0) is 0 Å². The minimum atomic E-state index is 0.423. The van der Waals surface area contributed by atoms with Crippen molar-refractivity contribution in [2.24, 2.45) is 0 Å². The molecule has 2 heteroatoms. The summed E-state index contributed by atoms with van der Waals surface area (Å²) in [6, 6.07) is 11.0. The molecule has 0 radical (unpaired) electrons. The number of aromatic nitrogens is 1. The molecule has 0 spiro atoms. The van der Waals surface area contributed by atoms with Crippen molar-refractivity contribution in [1.82, 2.24) is 10.3 Å². The normalized spacial score (nSPS) is 12.4. The second kappa shape index (κ2) is 8.58. The number of benzene rings is 1. The van der Waals surface area contributed by atoms with Gasteiger partial charge in [-0.1, -0.05) is 44.0 Å². The summed E-state index contributed by atoms with van der Waals surface area (Å²) >= 11 is 0. The lowest BCUT2D eigenvalue weighted by Crippen LogP contribution is -2.21. The van der Waals surface area contributed by atoms with Crippen LogP contribution in [0.4, 0.5) is 0 Å². The standard InChI is InChI=1S/C19H26N2/c1-3-5-6-7-8-12-18(20-4-2)17-14-15-21-19-13-10-9-11-16(17)19/h3,9-11,13-15,18,20H,1,4-8,12H2,2H3. The molecule has 0 saturated heterocycles. The highest BCUT2D eigenvalue weighted by molar-refractivity contribution is 5.82. The molecule has 0 amide bonds. The van der Waals surface area contributed by atoms with E-state index in [0.717, 1.165) is 18.5 Å². The van der Waals surface area contributed by atoms with Crippen LogP contribution in [0.1, 0.15) is 50.6 Å². The third-order valence-corrected chi connectivity index (χ3v) is 3.91. The van der Waals surface area contributed by atoms with Gasteiger partial charge in [0.1, 0.15) is 0 Å². The van der Waals surface area contributed by atoms with E-state index >= 15 is 0 Å². The van der Waals surface area contributed by atoms with E-state index in [1.54, 1.807) is 0 Å². The van der Waals surface area contributed by atoms with Crippen LogP contribution in [0.5, 0.6) is 0 Å². The second-order valence-electron chi connectivity index (χ2n) is 5.45. The predicted molar refractivity (Wildman–Crippen MR) is 91.4 cm³/mol. The van der Waals surface area contributed by atoms with Crippen molar-refractivity contribution in [3.63, 3.8) is 0 Å². The summed E-state index contributed by atoms with van der Waals surface area (Å²) in [5, 5.41) is 4.91. The van der Waals surface area contributed by atoms with Crippen molar-refractivity contribution < 1.29 is 0 Å². The number of unbranched alkanes of at least 4 members (excludes halogenated alkanes) is 3. The molecule has 21 heavy (non-hydrogen) atoms. The first-order chi connectivity index (χ1) is 10.4. The van der Waals surface area contributed by atoms with Crippen LogP contribution in [-0.4, -0.2) is 11.5 Å². The molecule has 0 aliphatic heterocycles. The van der Waals surface area contributed by atoms with Crippen LogP contribution < -0.4 is 5.32 Å². The molecular weight excluding hydrogens is 256 g/mol. The lowest BCUT2D eigenvalue weighted by molar-refractivity contribution is 0.486. The van der Waals surface area contributed by atoms with E-state index in [4.69, 9.17) is 0 Å². The van der Waals surface area contributed by atoms with Crippen molar-refractivity contribution >= 4 is 10.9 Å². The zero-order chi connectivity index (χ0) is 14.9. The quantitative estimate of drug-likeness (QED) is 0.516. The van der Waals surface area contributed by atoms with E-state index in [-0.39, 0.29) is 0 Å². The fourth-order valence-electron chi connectivity index (χ4n) is 2.85. The Bertz CT molecular complexity index is 557. The summed E-state index contributed by atoms with van der Waals surface area (Å²) < 4.78 is 0. The monoisotopic (exact) mass is 282 g/mol. The van der Waals surface area contributed by atoms with Gasteiger partial charge in [-0.25, -0.2) is 0 Å². The topological polar surface area (TPSA) is 24.9 Å². The number of fused-ring (bicyclic) bond motifs is 1. The van der Waals surface area contributed by atoms with Crippen molar-refractivity contribution in [3.8, 4) is 0 Å². The van der Waals surface area contributed by atoms with Crippen molar-refractivity contribution in [3.05, 3.63) is 54.7 Å². The molecule has 1 aromatic heterocycles. The third kappa shape index (κ3) is 4.40. The molecule has 0 bridgehead atoms. The lowest BCUT2D eigenvalue weighted by Gasteiger charge is -2.20. The molecule has 0 aliphatic carbocycles. The first-order valence-electron chi connectivity index (χ1n) is 8.04. The highest BCUT2D eigenvalue weighted by Crippen LogP contribution is 2.26. The number of hydrogen-bond acceptors (Lipinski definition) is 2. The second-order valence-corrected chi connectivity index (χ2v) is 5.45. The Morgan fingerprint density at radius 3 is 2.86 bits per heavy atom. The van der Waals surface area contributed by atoms with E-state index in [1.807, 2.05) is 12.3 Å². The first kappa shape index (κ1) is 15.7. The molecule has 0 aliphatic rings. The molecule has 1 heterocycles. The van der Waals surface area contributed by atoms with Gasteiger partial charge in [0.2, 0.25) is 0 Å². The summed E-state index contributed by atoms with van der Waals surface area (Å²) in [4.78, 5) is 4.47. The number of rotatable bonds is 9. The number of allylic oxidation sites excluding steroid dienone is 1. The number of pyridine rings is 1. The smallest absolute Gasteiger partial charge is 0.0705 e. The van der Waals surface area contributed by atoms with Gasteiger partial charge in [0, 0.05) is 17.6 Å². The third-order valence-electron chi connectivity index (χ3n) is 3.91. The van der Waals surface area contributed by atoms with Gasteiger partial charge in [-0.05, 0) is 43.5 Å². The Hall–Kier alpha value is -1.67. The molecule has 2 aromatic rings. The fraction of sp³-hybridized carbons (Fsp3) is 0.421. The highest BCUT2D eigenvalue weighted by atomic mass is 14.9. The Morgan fingerprint density at radius 2 is 2.05 bits per heavy atom. The highest BCUT2D eigenvalue weighted by Gasteiger charge is 2.13. The predicted octanol–water partition coefficient (Wildman–Crippen LogP) is 5.02. The van der Waals surface area contributed by atoms with Gasteiger partial charge in [-0.3, -0.25) is 4.98 Å². The van der Waals surface area contributed by atoms with E-state index in [2.05, 4.69) is 54.1 Å². The van der Waals surface area contributed by atoms with Crippen LogP contribution in [0, 0.1) is 0 Å². The zero-order valence-corrected chi connectivity index (χ0v) is 13.0. The van der Waals surface area contributed by atoms with E-state index in [1.165, 1.54) is 36.6 Å². The average molecular weight is 282 g/mol. The molecule has 112 valence electrons. The molecule has 2 nitrogen and oxygen atoms in total. The maximum Gasteiger partial charge on any atom is 0.0705 e. The Labute approximate surface area is 128 Å². The average Bonchev–Trinajstić information content (AvgIpc) is 2.53. The van der Waals surface area contributed by atoms with E-state index in [0.29, 0.717) is 6.04 Å². The molecule has 2 rings (SSSR count). The number of nitrogens with one attached hydrogen (secondary N) is 1. The lowest BCUT2D eigenvalue weighted by atomic mass is 9.97. The van der Waals surface area contributed by atoms with Gasteiger partial charge in [0.25, 0.3) is 0 Å². The fourth-order valence-corrected chi connectivity index (χ4v) is 2.85. The van der Waals surface area contributed by atoms with Crippen molar-refractivity contribution in [2.75, 3.05) is 6.54 Å². The van der Waals surface area contributed by atoms with Gasteiger partial charge in [0.15, 0.2) is 0 Å². The maximum absolute atomic E-state index is 4.47. The number of para-hydroxylation sites is 1. The van der Waals surface area contributed by atoms with Crippen molar-refractivity contribution in [1.29, 1.82) is 0 Å². The van der Waals surface area contributed by atoms with E-state index in [9.17, 15) is 0 Å². The van der Waals surface area contributed by atoms with Gasteiger partial charge in [0.05, 0.1) is 5.52 Å². The zero-order valence-electron chi connectivity index (χ0n) is 13.0. The van der Waals surface area contributed by atoms with E-state index < -0.39 is 0 Å². The summed E-state index contributed by atoms with van der Waals surface area (Å²) in [6.45, 7) is 6.95. The number of nitrogens with zero attached hydrogens (tertiary/aromatic N) is 1. The molecule has 1 N–H and O–H groups in total. The maximum atomic E-state index is 4.47. The minimum Gasteiger partial charge on any atom is -0.310 e. The largest absolute Gasteiger partial charge is 0.310 e. The summed E-state index contributed by atoms with van der Waals surface area (Å²) in [7, 11) is 0. The summed E-state index contributed by atoms with van der Waals surface area (Å²) in [5.74, 6) is 0. The molecule has 0 fully saturated rings. The Balaban J connectivity index is 2.10. The molecular formula is C19H26N2. The SMILES string of the molecule is C=CCCCCCC(NCC)c1ccnc2ccccc12. The first-order valence-corrected chi connectivity index (χ1v) is 8.04. The van der Waals surface area contributed by atoms with Crippen LogP contribution in [0.25, 0.3) is 10.9 Å². The molecule has 0 saturated carbocycles. The van der Waals surface area contributed by atoms with Gasteiger partial charge in [-0.15, -0.1) is 6.58 Å². The minimum absolute atomic E-state index is 0.423. The number of hydrogen-bond donors (Lipinski definition) is 1. The van der Waals surface area contributed by atoms with Crippen LogP contribution in [0.2, 0.25) is 0 Å². The Morgan fingerprint density at radius 1 is 1.19 bits per heavy atom. The van der Waals surface area contributed by atoms with Gasteiger partial charge >= 0.3 is 0 Å². The van der Waals surface area contributed by atoms with Gasteiger partial charge in [-0.2, -0.15) is 0 Å². The summed E-state index contributed by atoms with van der Waals surface area (Å²) in [5.41, 5.74) is 2.47. The van der Waals surface area contributed by atoms with Crippen LogP contribution in [0.15, 0.2) is 49.2 Å². The Kier molecular flexibility index (Phi) is 6.42. The van der Waals surface area contributed by atoms with Gasteiger partial charge < -0.3 is 5.32 Å². The molecule has 1 aromatic carbocycles. The van der Waals surface area contributed by atoms with Crippen molar-refractivity contribution in [2.45, 2.75) is 45.1 Å². The van der Waals surface area contributed by atoms with Crippen LogP contribution >= 0.6 is 0 Å². The van der Waals surface area contributed by atoms with Crippen LogP contribution in [0.3, 0.4) is 0 Å². The molecule has 1 atom stereocenters. The summed E-state index contributed by atoms with van der Waals surface area (Å²) in [6.07, 6.45) is 10.0.